The van der Waals surface area contributed by atoms with E-state index in [4.69, 9.17) is 0 Å². The molecule has 0 saturated heterocycles. The summed E-state index contributed by atoms with van der Waals surface area (Å²) in [6.45, 7) is 4.05. The first kappa shape index (κ1) is 14.5. The molecule has 100 valence electrons. The van der Waals surface area contributed by atoms with Crippen LogP contribution in [0.15, 0.2) is 26.0 Å². The SMILES string of the molecule is Cc1cc(Br)c(S(=O)(=O)NC2CC(C)C2)cc1Br. The highest BCUT2D eigenvalue weighted by Gasteiger charge is 2.30. The molecule has 0 unspecified atom stereocenters. The number of rotatable bonds is 3. The van der Waals surface area contributed by atoms with Gasteiger partial charge in [0.05, 0.1) is 4.90 Å². The van der Waals surface area contributed by atoms with E-state index in [0.717, 1.165) is 22.9 Å². The van der Waals surface area contributed by atoms with E-state index in [1.165, 1.54) is 0 Å². The summed E-state index contributed by atoms with van der Waals surface area (Å²) in [5.74, 6) is 0.617. The van der Waals surface area contributed by atoms with Gasteiger partial charge in [-0.3, -0.25) is 0 Å². The topological polar surface area (TPSA) is 46.2 Å². The predicted octanol–water partition coefficient (Wildman–Crippen LogP) is 3.60. The van der Waals surface area contributed by atoms with Crippen molar-refractivity contribution in [1.82, 2.24) is 4.72 Å². The molecule has 0 spiro atoms. The highest BCUT2D eigenvalue weighted by molar-refractivity contribution is 9.11. The zero-order valence-electron chi connectivity index (χ0n) is 10.2. The van der Waals surface area contributed by atoms with E-state index in [2.05, 4.69) is 43.5 Å². The lowest BCUT2D eigenvalue weighted by Crippen LogP contribution is -2.43. The minimum atomic E-state index is -3.44. The standard InChI is InChI=1S/C12H15Br2NO2S/c1-7-3-9(4-7)15-18(16,17)12-6-10(13)8(2)5-11(12)14/h5-7,9,15H,3-4H2,1-2H3. The van der Waals surface area contributed by atoms with E-state index < -0.39 is 10.0 Å². The van der Waals surface area contributed by atoms with Gasteiger partial charge in [0.15, 0.2) is 0 Å². The van der Waals surface area contributed by atoms with E-state index in [9.17, 15) is 8.42 Å². The summed E-state index contributed by atoms with van der Waals surface area (Å²) in [5, 5.41) is 0. The van der Waals surface area contributed by atoms with Crippen molar-refractivity contribution in [2.24, 2.45) is 5.92 Å². The van der Waals surface area contributed by atoms with E-state index >= 15 is 0 Å². The molecule has 0 aromatic heterocycles. The van der Waals surface area contributed by atoms with Crippen LogP contribution in [-0.4, -0.2) is 14.5 Å². The second kappa shape index (κ2) is 5.23. The Hall–Kier alpha value is 0.0900. The van der Waals surface area contributed by atoms with Crippen LogP contribution < -0.4 is 4.72 Å². The largest absolute Gasteiger partial charge is 0.241 e. The smallest absolute Gasteiger partial charge is 0.208 e. The molecule has 6 heteroatoms. The Morgan fingerprint density at radius 1 is 1.22 bits per heavy atom. The van der Waals surface area contributed by atoms with Crippen LogP contribution in [0.25, 0.3) is 0 Å². The van der Waals surface area contributed by atoms with E-state index in [0.29, 0.717) is 15.3 Å². The van der Waals surface area contributed by atoms with Gasteiger partial charge < -0.3 is 0 Å². The van der Waals surface area contributed by atoms with E-state index in [1.54, 1.807) is 6.07 Å². The van der Waals surface area contributed by atoms with Crippen LogP contribution in [0.5, 0.6) is 0 Å². The van der Waals surface area contributed by atoms with Crippen molar-refractivity contribution in [3.05, 3.63) is 26.6 Å². The first-order valence-corrected chi connectivity index (χ1v) is 8.84. The molecule has 1 aromatic rings. The fraction of sp³-hybridized carbons (Fsp3) is 0.500. The molecular formula is C12H15Br2NO2S. The summed E-state index contributed by atoms with van der Waals surface area (Å²) in [7, 11) is -3.44. The van der Waals surface area contributed by atoms with Gasteiger partial charge in [0.25, 0.3) is 0 Å². The summed E-state index contributed by atoms with van der Waals surface area (Å²) in [5.41, 5.74) is 0.998. The maximum Gasteiger partial charge on any atom is 0.241 e. The fourth-order valence-corrected chi connectivity index (χ4v) is 5.05. The third-order valence-electron chi connectivity index (χ3n) is 3.20. The summed E-state index contributed by atoms with van der Waals surface area (Å²) >= 11 is 6.69. The fourth-order valence-electron chi connectivity index (χ4n) is 2.12. The molecule has 1 aliphatic rings. The maximum atomic E-state index is 12.3. The minimum Gasteiger partial charge on any atom is -0.208 e. The molecule has 1 aromatic carbocycles. The lowest BCUT2D eigenvalue weighted by atomic mass is 9.83. The Balaban J connectivity index is 2.27. The first-order valence-electron chi connectivity index (χ1n) is 5.77. The Kier molecular flexibility index (Phi) is 4.21. The van der Waals surface area contributed by atoms with Crippen molar-refractivity contribution >= 4 is 41.9 Å². The average molecular weight is 397 g/mol. The van der Waals surface area contributed by atoms with Crippen LogP contribution in [0.2, 0.25) is 0 Å². The number of hydrogen-bond acceptors (Lipinski definition) is 2. The Labute approximate surface area is 125 Å². The zero-order chi connectivity index (χ0) is 13.5. The summed E-state index contributed by atoms with van der Waals surface area (Å²) in [6, 6.07) is 3.53. The lowest BCUT2D eigenvalue weighted by Gasteiger charge is -2.33. The summed E-state index contributed by atoms with van der Waals surface area (Å²) < 4.78 is 28.7. The lowest BCUT2D eigenvalue weighted by molar-refractivity contribution is 0.270. The van der Waals surface area contributed by atoms with Gasteiger partial charge >= 0.3 is 0 Å². The molecule has 1 N–H and O–H groups in total. The third-order valence-corrected chi connectivity index (χ3v) is 6.53. The number of nitrogens with one attached hydrogen (secondary N) is 1. The monoisotopic (exact) mass is 395 g/mol. The second-order valence-electron chi connectivity index (χ2n) is 4.93. The van der Waals surface area contributed by atoms with Crippen molar-refractivity contribution < 1.29 is 8.42 Å². The van der Waals surface area contributed by atoms with Crippen molar-refractivity contribution in [1.29, 1.82) is 0 Å². The Morgan fingerprint density at radius 3 is 2.39 bits per heavy atom. The van der Waals surface area contributed by atoms with Gasteiger partial charge in [0.1, 0.15) is 0 Å². The van der Waals surface area contributed by atoms with Crippen molar-refractivity contribution in [3.8, 4) is 0 Å². The van der Waals surface area contributed by atoms with Gasteiger partial charge in [-0.25, -0.2) is 13.1 Å². The Morgan fingerprint density at radius 2 is 1.83 bits per heavy atom. The molecule has 0 bridgehead atoms. The zero-order valence-corrected chi connectivity index (χ0v) is 14.2. The van der Waals surface area contributed by atoms with Gasteiger partial charge in [-0.05, 0) is 59.3 Å². The van der Waals surface area contributed by atoms with Gasteiger partial charge in [-0.2, -0.15) is 0 Å². The van der Waals surface area contributed by atoms with Crippen molar-refractivity contribution in [2.75, 3.05) is 0 Å². The number of benzene rings is 1. The highest BCUT2D eigenvalue weighted by Crippen LogP contribution is 2.31. The van der Waals surface area contributed by atoms with Crippen LogP contribution in [0.3, 0.4) is 0 Å². The molecule has 0 heterocycles. The minimum absolute atomic E-state index is 0.0805. The number of halogens is 2. The molecule has 18 heavy (non-hydrogen) atoms. The van der Waals surface area contributed by atoms with Gasteiger partial charge in [-0.1, -0.05) is 22.9 Å². The van der Waals surface area contributed by atoms with Crippen LogP contribution in [0.4, 0.5) is 0 Å². The van der Waals surface area contributed by atoms with E-state index in [-0.39, 0.29) is 6.04 Å². The molecule has 1 aliphatic carbocycles. The van der Waals surface area contributed by atoms with Crippen LogP contribution in [-0.2, 0) is 10.0 Å². The molecule has 0 amide bonds. The van der Waals surface area contributed by atoms with Gasteiger partial charge in [0.2, 0.25) is 10.0 Å². The normalized spacial score (nSPS) is 23.8. The molecular weight excluding hydrogens is 382 g/mol. The van der Waals surface area contributed by atoms with E-state index in [1.807, 2.05) is 13.0 Å². The summed E-state index contributed by atoms with van der Waals surface area (Å²) in [4.78, 5) is 0.291. The average Bonchev–Trinajstić information content (AvgIpc) is 2.20. The van der Waals surface area contributed by atoms with Crippen LogP contribution in [0.1, 0.15) is 25.3 Å². The number of sulfonamides is 1. The van der Waals surface area contributed by atoms with Gasteiger partial charge in [0, 0.05) is 15.0 Å². The molecule has 0 aliphatic heterocycles. The maximum absolute atomic E-state index is 12.3. The Bertz CT molecular complexity index is 566. The van der Waals surface area contributed by atoms with Gasteiger partial charge in [-0.15, -0.1) is 0 Å². The molecule has 1 saturated carbocycles. The molecule has 0 atom stereocenters. The van der Waals surface area contributed by atoms with Crippen molar-refractivity contribution in [3.63, 3.8) is 0 Å². The van der Waals surface area contributed by atoms with Crippen LogP contribution in [0, 0.1) is 12.8 Å². The first-order chi connectivity index (χ1) is 8.29. The van der Waals surface area contributed by atoms with Crippen molar-refractivity contribution in [2.45, 2.75) is 37.6 Å². The quantitative estimate of drug-likeness (QED) is 0.848. The molecule has 2 rings (SSSR count). The number of hydrogen-bond donors (Lipinski definition) is 1. The molecule has 3 nitrogen and oxygen atoms in total. The molecule has 1 fully saturated rings. The molecule has 0 radical (unpaired) electrons. The third kappa shape index (κ3) is 2.98. The summed E-state index contributed by atoms with van der Waals surface area (Å²) in [6.07, 6.45) is 1.84. The van der Waals surface area contributed by atoms with Crippen LogP contribution >= 0.6 is 31.9 Å². The second-order valence-corrected chi connectivity index (χ2v) is 8.32. The highest BCUT2D eigenvalue weighted by atomic mass is 79.9. The predicted molar refractivity (Wildman–Crippen MR) is 79.1 cm³/mol. The number of aryl methyl sites for hydroxylation is 1.